The Morgan fingerprint density at radius 3 is 2.65 bits per heavy atom. The van der Waals surface area contributed by atoms with Crippen LogP contribution in [0.25, 0.3) is 0 Å². The van der Waals surface area contributed by atoms with Crippen LogP contribution in [0.15, 0.2) is 24.3 Å². The highest BCUT2D eigenvalue weighted by atomic mass is 32.2. The van der Waals surface area contributed by atoms with Gasteiger partial charge in [-0.3, -0.25) is 9.69 Å². The molecule has 1 aromatic rings. The molecule has 3 rings (SSSR count). The van der Waals surface area contributed by atoms with Gasteiger partial charge in [-0.15, -0.1) is 0 Å². The number of carboxylic acids is 1. The Morgan fingerprint density at radius 1 is 1.31 bits per heavy atom. The molecular formula is C18H26N2O5S. The number of carboxylic acid groups (broad SMARTS) is 1. The predicted octanol–water partition coefficient (Wildman–Crippen LogP) is 0.906. The summed E-state index contributed by atoms with van der Waals surface area (Å²) in [5.74, 6) is -0.225. The second-order valence-electron chi connectivity index (χ2n) is 7.26. The fourth-order valence-corrected chi connectivity index (χ4v) is 4.99. The fraction of sp³-hybridized carbons (Fsp3) is 0.611. The molecular weight excluding hydrogens is 356 g/mol. The van der Waals surface area contributed by atoms with Crippen LogP contribution in [0.4, 0.5) is 0 Å². The van der Waals surface area contributed by atoms with E-state index in [1.165, 1.54) is 4.31 Å². The van der Waals surface area contributed by atoms with Crippen molar-refractivity contribution in [3.8, 4) is 5.75 Å². The summed E-state index contributed by atoms with van der Waals surface area (Å²) in [5.41, 5.74) is 0.140. The lowest BCUT2D eigenvalue weighted by Crippen LogP contribution is -2.42. The number of carbonyl (C=O) groups is 1. The zero-order valence-corrected chi connectivity index (χ0v) is 16.0. The summed E-state index contributed by atoms with van der Waals surface area (Å²) in [6, 6.07) is 7.90. The van der Waals surface area contributed by atoms with Gasteiger partial charge in [0, 0.05) is 38.6 Å². The summed E-state index contributed by atoms with van der Waals surface area (Å²) in [6.45, 7) is 4.46. The van der Waals surface area contributed by atoms with E-state index < -0.39 is 21.4 Å². The van der Waals surface area contributed by atoms with E-state index in [1.54, 1.807) is 0 Å². The van der Waals surface area contributed by atoms with Crippen molar-refractivity contribution in [1.29, 1.82) is 0 Å². The molecule has 0 radical (unpaired) electrons. The maximum Gasteiger partial charge on any atom is 0.312 e. The fourth-order valence-electron chi connectivity index (χ4n) is 4.07. The van der Waals surface area contributed by atoms with Crippen LogP contribution in [-0.2, 0) is 21.2 Å². The lowest BCUT2D eigenvalue weighted by molar-refractivity contribution is -0.148. The normalized spacial score (nSPS) is 26.8. The van der Waals surface area contributed by atoms with E-state index in [1.807, 2.05) is 24.3 Å². The summed E-state index contributed by atoms with van der Waals surface area (Å²) in [6.07, 6.45) is 2.03. The molecule has 144 valence electrons. The first-order valence-electron chi connectivity index (χ1n) is 8.88. The van der Waals surface area contributed by atoms with Crippen LogP contribution in [0.3, 0.4) is 0 Å². The molecule has 1 aromatic carbocycles. The van der Waals surface area contributed by atoms with Crippen LogP contribution in [-0.4, -0.2) is 74.3 Å². The number of likely N-dealkylation sites (tertiary alicyclic amines) is 1. The topological polar surface area (TPSA) is 87.2 Å². The van der Waals surface area contributed by atoms with E-state index in [0.717, 1.165) is 24.0 Å². The average molecular weight is 382 g/mol. The Balaban J connectivity index is 1.61. The van der Waals surface area contributed by atoms with Crippen molar-refractivity contribution in [2.45, 2.75) is 13.3 Å². The SMILES string of the molecule is CCc1ccccc1OCCN1C[C@H]2CN(S(C)(=O)=O)C[C@@]2(C(=O)O)C1. The molecule has 2 aliphatic heterocycles. The molecule has 0 bridgehead atoms. The van der Waals surface area contributed by atoms with Gasteiger partial charge >= 0.3 is 5.97 Å². The molecule has 0 amide bonds. The largest absolute Gasteiger partial charge is 0.492 e. The molecule has 2 heterocycles. The minimum Gasteiger partial charge on any atom is -0.492 e. The molecule has 0 aliphatic carbocycles. The first kappa shape index (κ1) is 19.1. The van der Waals surface area contributed by atoms with Crippen molar-refractivity contribution in [2.75, 3.05) is 45.6 Å². The first-order valence-corrected chi connectivity index (χ1v) is 10.7. The summed E-state index contributed by atoms with van der Waals surface area (Å²) in [4.78, 5) is 14.0. The van der Waals surface area contributed by atoms with Crippen molar-refractivity contribution in [3.05, 3.63) is 29.8 Å². The lowest BCUT2D eigenvalue weighted by atomic mass is 9.81. The quantitative estimate of drug-likeness (QED) is 0.754. The second-order valence-corrected chi connectivity index (χ2v) is 9.24. The van der Waals surface area contributed by atoms with Crippen molar-refractivity contribution in [1.82, 2.24) is 9.21 Å². The van der Waals surface area contributed by atoms with Gasteiger partial charge in [-0.05, 0) is 18.1 Å². The molecule has 0 aromatic heterocycles. The number of rotatable bonds is 7. The highest BCUT2D eigenvalue weighted by Crippen LogP contribution is 2.43. The number of aliphatic carboxylic acids is 1. The number of hydrogen-bond acceptors (Lipinski definition) is 5. The highest BCUT2D eigenvalue weighted by molar-refractivity contribution is 7.88. The Labute approximate surface area is 154 Å². The van der Waals surface area contributed by atoms with Gasteiger partial charge < -0.3 is 9.84 Å². The summed E-state index contributed by atoms with van der Waals surface area (Å²) < 4.78 is 30.8. The maximum atomic E-state index is 11.9. The Bertz CT molecular complexity index is 782. The van der Waals surface area contributed by atoms with E-state index in [2.05, 4.69) is 11.8 Å². The lowest BCUT2D eigenvalue weighted by Gasteiger charge is -2.24. The summed E-state index contributed by atoms with van der Waals surface area (Å²) in [5, 5.41) is 9.77. The molecule has 0 saturated carbocycles. The average Bonchev–Trinajstić information content (AvgIpc) is 3.10. The van der Waals surface area contributed by atoms with E-state index in [-0.39, 0.29) is 19.0 Å². The van der Waals surface area contributed by atoms with Gasteiger partial charge in [-0.2, -0.15) is 0 Å². The zero-order valence-electron chi connectivity index (χ0n) is 15.2. The van der Waals surface area contributed by atoms with Crippen molar-refractivity contribution in [3.63, 3.8) is 0 Å². The number of fused-ring (bicyclic) bond motifs is 1. The number of nitrogens with zero attached hydrogens (tertiary/aromatic N) is 2. The molecule has 26 heavy (non-hydrogen) atoms. The third-order valence-electron chi connectivity index (χ3n) is 5.56. The van der Waals surface area contributed by atoms with Gasteiger partial charge in [-0.1, -0.05) is 25.1 Å². The minimum atomic E-state index is -3.37. The van der Waals surface area contributed by atoms with Gasteiger partial charge in [0.1, 0.15) is 12.4 Å². The van der Waals surface area contributed by atoms with Gasteiger partial charge in [0.25, 0.3) is 0 Å². The van der Waals surface area contributed by atoms with Gasteiger partial charge in [-0.25, -0.2) is 12.7 Å². The van der Waals surface area contributed by atoms with Gasteiger partial charge in [0.2, 0.25) is 10.0 Å². The van der Waals surface area contributed by atoms with Crippen molar-refractivity contribution < 1.29 is 23.1 Å². The number of sulfonamides is 1. The molecule has 2 fully saturated rings. The molecule has 8 heteroatoms. The zero-order chi connectivity index (χ0) is 18.9. The third-order valence-corrected chi connectivity index (χ3v) is 6.78. The van der Waals surface area contributed by atoms with Crippen LogP contribution < -0.4 is 4.74 Å². The molecule has 7 nitrogen and oxygen atoms in total. The molecule has 2 aliphatic rings. The summed E-state index contributed by atoms with van der Waals surface area (Å²) in [7, 11) is -3.37. The first-order chi connectivity index (χ1) is 12.3. The number of hydrogen-bond donors (Lipinski definition) is 1. The molecule has 0 unspecified atom stereocenters. The van der Waals surface area contributed by atoms with Crippen molar-refractivity contribution in [2.24, 2.45) is 11.3 Å². The van der Waals surface area contributed by atoms with E-state index in [4.69, 9.17) is 4.74 Å². The van der Waals surface area contributed by atoms with Crippen LogP contribution >= 0.6 is 0 Å². The van der Waals surface area contributed by atoms with E-state index >= 15 is 0 Å². The van der Waals surface area contributed by atoms with E-state index in [9.17, 15) is 18.3 Å². The number of para-hydroxylation sites is 1. The smallest absolute Gasteiger partial charge is 0.312 e. The highest BCUT2D eigenvalue weighted by Gasteiger charge is 2.58. The van der Waals surface area contributed by atoms with Crippen molar-refractivity contribution >= 4 is 16.0 Å². The van der Waals surface area contributed by atoms with Crippen LogP contribution in [0.1, 0.15) is 12.5 Å². The third kappa shape index (κ3) is 3.58. The number of ether oxygens (including phenoxy) is 1. The van der Waals surface area contributed by atoms with E-state index in [0.29, 0.717) is 26.2 Å². The Morgan fingerprint density at radius 2 is 2.04 bits per heavy atom. The molecule has 1 N–H and O–H groups in total. The van der Waals surface area contributed by atoms with Crippen LogP contribution in [0, 0.1) is 11.3 Å². The van der Waals surface area contributed by atoms with Gasteiger partial charge in [0.15, 0.2) is 0 Å². The number of aryl methyl sites for hydroxylation is 1. The van der Waals surface area contributed by atoms with Gasteiger partial charge in [0.05, 0.1) is 11.7 Å². The monoisotopic (exact) mass is 382 g/mol. The molecule has 2 atom stereocenters. The Hall–Kier alpha value is -1.64. The standard InChI is InChI=1S/C18H26N2O5S/c1-3-14-6-4-5-7-16(14)25-9-8-19-10-15-11-20(26(2,23)24)13-18(15,12-19)17(21)22/h4-7,15H,3,8-13H2,1-2H3,(H,21,22)/t15-,18-/m0/s1. The molecule has 2 saturated heterocycles. The van der Waals surface area contributed by atoms with Crippen LogP contribution in [0.5, 0.6) is 5.75 Å². The number of benzene rings is 1. The second kappa shape index (κ2) is 7.17. The Kier molecular flexibility index (Phi) is 5.28. The summed E-state index contributed by atoms with van der Waals surface area (Å²) >= 11 is 0. The predicted molar refractivity (Wildman–Crippen MR) is 97.7 cm³/mol. The minimum absolute atomic E-state index is 0.0574. The molecule has 0 spiro atoms. The maximum absolute atomic E-state index is 11.9. The van der Waals surface area contributed by atoms with Crippen LogP contribution in [0.2, 0.25) is 0 Å².